The van der Waals surface area contributed by atoms with Crippen molar-refractivity contribution in [3.05, 3.63) is 17.7 Å². The topological polar surface area (TPSA) is 46.5 Å². The van der Waals surface area contributed by atoms with Crippen LogP contribution < -0.4 is 4.74 Å². The summed E-state index contributed by atoms with van der Waals surface area (Å²) in [6, 6.07) is 3.17. The van der Waals surface area contributed by atoms with Crippen LogP contribution in [0.4, 0.5) is 0 Å². The van der Waals surface area contributed by atoms with Crippen LogP contribution in [0.15, 0.2) is 17.0 Å². The van der Waals surface area contributed by atoms with E-state index in [9.17, 15) is 9.90 Å². The molecule has 0 bridgehead atoms. The summed E-state index contributed by atoms with van der Waals surface area (Å²) in [5, 5.41) is 9.46. The van der Waals surface area contributed by atoms with E-state index < -0.39 is 0 Å². The van der Waals surface area contributed by atoms with E-state index in [1.54, 1.807) is 6.07 Å². The molecule has 1 aromatic rings. The number of hydrogen-bond donors (Lipinski definition) is 1. The molecular formula is C9H8O3S. The molecule has 0 spiro atoms. The van der Waals surface area contributed by atoms with Crippen molar-refractivity contribution in [2.45, 2.75) is 11.8 Å². The summed E-state index contributed by atoms with van der Waals surface area (Å²) in [4.78, 5) is 12.0. The Kier molecular flexibility index (Phi) is 1.92. The molecule has 0 fully saturated rings. The molecule has 1 aliphatic rings. The predicted octanol–water partition coefficient (Wildman–Crippen LogP) is 2.04. The predicted molar refractivity (Wildman–Crippen MR) is 49.5 cm³/mol. The lowest BCUT2D eigenvalue weighted by molar-refractivity contribution is 0.101. The highest BCUT2D eigenvalue weighted by Gasteiger charge is 2.22. The standard InChI is InChI=1S/C9H8O3S/c1-5(10)8-6(11)2-3-7-9(8)13-4-12-7/h2-3,11H,4H2,1H3. The lowest BCUT2D eigenvalue weighted by Gasteiger charge is -2.04. The van der Waals surface area contributed by atoms with Gasteiger partial charge in [0.1, 0.15) is 17.4 Å². The smallest absolute Gasteiger partial charge is 0.164 e. The zero-order valence-electron chi connectivity index (χ0n) is 7.03. The van der Waals surface area contributed by atoms with E-state index in [-0.39, 0.29) is 11.5 Å². The first-order chi connectivity index (χ1) is 6.20. The molecule has 13 heavy (non-hydrogen) atoms. The van der Waals surface area contributed by atoms with Crippen molar-refractivity contribution in [2.24, 2.45) is 0 Å². The number of fused-ring (bicyclic) bond motifs is 1. The Bertz CT molecular complexity index is 373. The summed E-state index contributed by atoms with van der Waals surface area (Å²) < 4.78 is 5.24. The number of ether oxygens (including phenoxy) is 1. The zero-order chi connectivity index (χ0) is 9.42. The van der Waals surface area contributed by atoms with Crippen LogP contribution in [0.2, 0.25) is 0 Å². The fraction of sp³-hybridized carbons (Fsp3) is 0.222. The Morgan fingerprint density at radius 3 is 3.08 bits per heavy atom. The number of rotatable bonds is 1. The minimum atomic E-state index is -0.132. The van der Waals surface area contributed by atoms with E-state index in [2.05, 4.69) is 0 Å². The van der Waals surface area contributed by atoms with Crippen LogP contribution in [0.1, 0.15) is 17.3 Å². The van der Waals surface area contributed by atoms with Crippen molar-refractivity contribution in [1.29, 1.82) is 0 Å². The van der Waals surface area contributed by atoms with Crippen molar-refractivity contribution in [2.75, 3.05) is 5.94 Å². The number of Topliss-reactive ketones (excluding diaryl/α,β-unsaturated/α-hetero) is 1. The van der Waals surface area contributed by atoms with E-state index in [4.69, 9.17) is 4.74 Å². The Labute approximate surface area is 79.7 Å². The van der Waals surface area contributed by atoms with Gasteiger partial charge in [0.2, 0.25) is 0 Å². The maximum Gasteiger partial charge on any atom is 0.164 e. The highest BCUT2D eigenvalue weighted by Crippen LogP contribution is 2.42. The average molecular weight is 196 g/mol. The molecule has 4 heteroatoms. The van der Waals surface area contributed by atoms with Gasteiger partial charge in [-0.05, 0) is 19.1 Å². The lowest BCUT2D eigenvalue weighted by atomic mass is 10.1. The monoisotopic (exact) mass is 196 g/mol. The number of aromatic hydroxyl groups is 1. The van der Waals surface area contributed by atoms with Crippen molar-refractivity contribution in [3.8, 4) is 11.5 Å². The molecule has 0 saturated heterocycles. The number of hydrogen-bond acceptors (Lipinski definition) is 4. The highest BCUT2D eigenvalue weighted by molar-refractivity contribution is 7.99. The SMILES string of the molecule is CC(=O)c1c(O)ccc2c1SCO2. The zero-order valence-corrected chi connectivity index (χ0v) is 7.85. The Hall–Kier alpha value is -1.16. The summed E-state index contributed by atoms with van der Waals surface area (Å²) in [5.41, 5.74) is 0.375. The van der Waals surface area contributed by atoms with Gasteiger partial charge in [0.25, 0.3) is 0 Å². The van der Waals surface area contributed by atoms with Crippen LogP contribution in [0, 0.1) is 0 Å². The number of carbonyl (C=O) groups is 1. The fourth-order valence-electron chi connectivity index (χ4n) is 1.30. The Morgan fingerprint density at radius 1 is 1.62 bits per heavy atom. The van der Waals surface area contributed by atoms with Crippen molar-refractivity contribution >= 4 is 17.5 Å². The molecule has 0 aromatic heterocycles. The molecule has 0 unspecified atom stereocenters. The van der Waals surface area contributed by atoms with Gasteiger partial charge in [-0.3, -0.25) is 4.79 Å². The van der Waals surface area contributed by atoms with Gasteiger partial charge in [-0.25, -0.2) is 0 Å². The molecule has 1 aliphatic heterocycles. The molecule has 1 aromatic carbocycles. The maximum atomic E-state index is 11.2. The molecule has 68 valence electrons. The van der Waals surface area contributed by atoms with Gasteiger partial charge < -0.3 is 9.84 Å². The number of benzene rings is 1. The molecule has 0 aliphatic carbocycles. The minimum absolute atomic E-state index is 0.0317. The molecule has 1 N–H and O–H groups in total. The van der Waals surface area contributed by atoms with E-state index in [0.29, 0.717) is 17.3 Å². The quantitative estimate of drug-likeness (QED) is 0.698. The summed E-state index contributed by atoms with van der Waals surface area (Å²) in [7, 11) is 0. The third kappa shape index (κ3) is 1.27. The normalized spacial score (nSPS) is 13.6. The highest BCUT2D eigenvalue weighted by atomic mass is 32.2. The number of ketones is 1. The maximum absolute atomic E-state index is 11.2. The van der Waals surface area contributed by atoms with E-state index in [1.807, 2.05) is 0 Å². The molecule has 0 radical (unpaired) electrons. The molecular weight excluding hydrogens is 188 g/mol. The first-order valence-electron chi connectivity index (χ1n) is 3.82. The number of phenolic OH excluding ortho intramolecular Hbond substituents is 1. The summed E-state index contributed by atoms with van der Waals surface area (Å²) in [6.45, 7) is 1.44. The van der Waals surface area contributed by atoms with Gasteiger partial charge in [-0.15, -0.1) is 0 Å². The first kappa shape index (κ1) is 8.44. The van der Waals surface area contributed by atoms with Crippen molar-refractivity contribution in [1.82, 2.24) is 0 Å². The van der Waals surface area contributed by atoms with Crippen molar-refractivity contribution in [3.63, 3.8) is 0 Å². The van der Waals surface area contributed by atoms with Crippen LogP contribution in [0.25, 0.3) is 0 Å². The number of phenols is 1. The second-order valence-corrected chi connectivity index (χ2v) is 3.68. The van der Waals surface area contributed by atoms with Gasteiger partial charge in [0, 0.05) is 0 Å². The molecule has 3 nitrogen and oxygen atoms in total. The van der Waals surface area contributed by atoms with E-state index in [1.165, 1.54) is 24.8 Å². The Balaban J connectivity index is 2.65. The summed E-state index contributed by atoms with van der Waals surface area (Å²) in [6.07, 6.45) is 0. The van der Waals surface area contributed by atoms with Gasteiger partial charge in [0.05, 0.1) is 10.5 Å². The Morgan fingerprint density at radius 2 is 2.38 bits per heavy atom. The van der Waals surface area contributed by atoms with Crippen molar-refractivity contribution < 1.29 is 14.6 Å². The van der Waals surface area contributed by atoms with Gasteiger partial charge in [-0.2, -0.15) is 0 Å². The van der Waals surface area contributed by atoms with Crippen LogP contribution in [-0.4, -0.2) is 16.8 Å². The number of thioether (sulfide) groups is 1. The van der Waals surface area contributed by atoms with E-state index in [0.717, 1.165) is 4.90 Å². The van der Waals surface area contributed by atoms with Crippen LogP contribution >= 0.6 is 11.8 Å². The molecule has 1 heterocycles. The van der Waals surface area contributed by atoms with Crippen LogP contribution in [0.5, 0.6) is 11.5 Å². The molecule has 0 saturated carbocycles. The second kappa shape index (κ2) is 2.96. The van der Waals surface area contributed by atoms with Crippen LogP contribution in [0.3, 0.4) is 0 Å². The third-order valence-electron chi connectivity index (χ3n) is 1.87. The average Bonchev–Trinajstić information content (AvgIpc) is 2.50. The summed E-state index contributed by atoms with van der Waals surface area (Å²) >= 11 is 1.43. The number of carbonyl (C=O) groups excluding carboxylic acids is 1. The van der Waals surface area contributed by atoms with Crippen LogP contribution in [-0.2, 0) is 0 Å². The third-order valence-corrected chi connectivity index (χ3v) is 2.80. The summed E-state index contributed by atoms with van der Waals surface area (Å²) in [5.74, 6) is 1.10. The van der Waals surface area contributed by atoms with Gasteiger partial charge in [-0.1, -0.05) is 11.8 Å². The molecule has 0 atom stereocenters. The minimum Gasteiger partial charge on any atom is -0.507 e. The molecule has 2 rings (SSSR count). The molecule has 0 amide bonds. The lowest BCUT2D eigenvalue weighted by Crippen LogP contribution is -1.94. The first-order valence-corrected chi connectivity index (χ1v) is 4.81. The van der Waals surface area contributed by atoms with Gasteiger partial charge in [0.15, 0.2) is 5.78 Å². The second-order valence-electron chi connectivity index (χ2n) is 2.75. The van der Waals surface area contributed by atoms with Gasteiger partial charge >= 0.3 is 0 Å². The fourth-order valence-corrected chi connectivity index (χ4v) is 2.27. The van der Waals surface area contributed by atoms with E-state index >= 15 is 0 Å². The largest absolute Gasteiger partial charge is 0.507 e.